The lowest BCUT2D eigenvalue weighted by molar-refractivity contribution is -0.126. The number of aryl methyl sites for hydroxylation is 1. The molecule has 0 bridgehead atoms. The van der Waals surface area contributed by atoms with E-state index in [-0.39, 0.29) is 30.3 Å². The van der Waals surface area contributed by atoms with Crippen LogP contribution in [0.4, 0.5) is 5.69 Å². The lowest BCUT2D eigenvalue weighted by Gasteiger charge is -2.33. The van der Waals surface area contributed by atoms with Crippen molar-refractivity contribution in [2.75, 3.05) is 11.4 Å². The minimum absolute atomic E-state index is 0.121. The van der Waals surface area contributed by atoms with Crippen LogP contribution in [0.1, 0.15) is 58.3 Å². The second-order valence-electron chi connectivity index (χ2n) is 8.47. The van der Waals surface area contributed by atoms with Gasteiger partial charge in [-0.15, -0.1) is 22.7 Å². The van der Waals surface area contributed by atoms with E-state index in [4.69, 9.17) is 0 Å². The quantitative estimate of drug-likeness (QED) is 0.458. The number of carbonyl (C=O) groups excluding carboxylic acids is 3. The first-order valence-corrected chi connectivity index (χ1v) is 13.3. The Hall–Kier alpha value is -2.97. The molecule has 178 valence electrons. The van der Waals surface area contributed by atoms with E-state index in [1.807, 2.05) is 54.1 Å². The van der Waals surface area contributed by atoms with Crippen molar-refractivity contribution in [3.8, 4) is 0 Å². The molecule has 0 radical (unpaired) electrons. The summed E-state index contributed by atoms with van der Waals surface area (Å²) in [5, 5.41) is 9.66. The molecule has 2 N–H and O–H groups in total. The molecule has 4 rings (SSSR count). The van der Waals surface area contributed by atoms with Crippen LogP contribution in [0.15, 0.2) is 59.3 Å². The minimum Gasteiger partial charge on any atom is -0.351 e. The number of anilines is 1. The molecule has 0 saturated heterocycles. The van der Waals surface area contributed by atoms with Crippen molar-refractivity contribution in [3.63, 3.8) is 0 Å². The summed E-state index contributed by atoms with van der Waals surface area (Å²) in [6.45, 7) is 1.72. The van der Waals surface area contributed by atoms with Crippen LogP contribution in [0.25, 0.3) is 0 Å². The average Bonchev–Trinajstić information content (AvgIpc) is 3.57. The van der Waals surface area contributed by atoms with Crippen molar-refractivity contribution in [3.05, 3.63) is 74.6 Å². The molecule has 1 aliphatic rings. The first-order valence-electron chi connectivity index (χ1n) is 11.6. The van der Waals surface area contributed by atoms with Crippen LogP contribution >= 0.6 is 22.7 Å². The summed E-state index contributed by atoms with van der Waals surface area (Å²) in [5.74, 6) is -0.820. The van der Waals surface area contributed by atoms with Crippen molar-refractivity contribution < 1.29 is 14.4 Å². The van der Waals surface area contributed by atoms with E-state index in [0.717, 1.165) is 36.1 Å². The molecule has 3 amide bonds. The molecule has 0 aliphatic heterocycles. The van der Waals surface area contributed by atoms with Gasteiger partial charge in [0.15, 0.2) is 0 Å². The van der Waals surface area contributed by atoms with Gasteiger partial charge in [-0.3, -0.25) is 19.3 Å². The summed E-state index contributed by atoms with van der Waals surface area (Å²) in [5.41, 5.74) is 1.54. The number of nitrogens with zero attached hydrogens (tertiary/aromatic N) is 1. The Labute approximate surface area is 208 Å². The Morgan fingerprint density at radius 3 is 2.38 bits per heavy atom. The number of rotatable bonds is 8. The van der Waals surface area contributed by atoms with Gasteiger partial charge in [0.1, 0.15) is 6.04 Å². The molecule has 0 spiro atoms. The first-order chi connectivity index (χ1) is 16.5. The zero-order chi connectivity index (χ0) is 23.9. The van der Waals surface area contributed by atoms with E-state index in [1.54, 1.807) is 17.0 Å². The number of hydrogen-bond acceptors (Lipinski definition) is 5. The molecule has 1 aromatic carbocycles. The molecule has 8 heteroatoms. The van der Waals surface area contributed by atoms with Crippen molar-refractivity contribution in [1.29, 1.82) is 0 Å². The highest BCUT2D eigenvalue weighted by Crippen LogP contribution is 2.33. The zero-order valence-electron chi connectivity index (χ0n) is 19.2. The molecule has 2 heterocycles. The van der Waals surface area contributed by atoms with Gasteiger partial charge < -0.3 is 10.6 Å². The van der Waals surface area contributed by atoms with Crippen LogP contribution in [0.2, 0.25) is 0 Å². The molecule has 1 atom stereocenters. The van der Waals surface area contributed by atoms with Gasteiger partial charge in [0.25, 0.3) is 5.91 Å². The number of hydrogen-bond donors (Lipinski definition) is 2. The van der Waals surface area contributed by atoms with Crippen LogP contribution in [-0.4, -0.2) is 30.3 Å². The topological polar surface area (TPSA) is 78.5 Å². The second-order valence-corrected chi connectivity index (χ2v) is 10.4. The van der Waals surface area contributed by atoms with E-state index in [1.165, 1.54) is 29.1 Å². The average molecular weight is 496 g/mol. The Balaban J connectivity index is 1.64. The van der Waals surface area contributed by atoms with E-state index in [2.05, 4.69) is 10.6 Å². The van der Waals surface area contributed by atoms with E-state index >= 15 is 0 Å². The normalized spacial score (nSPS) is 14.9. The van der Waals surface area contributed by atoms with E-state index in [9.17, 15) is 14.4 Å². The molecular weight excluding hydrogens is 466 g/mol. The van der Waals surface area contributed by atoms with E-state index < -0.39 is 6.04 Å². The Morgan fingerprint density at radius 1 is 0.971 bits per heavy atom. The molecule has 1 fully saturated rings. The highest BCUT2D eigenvalue weighted by molar-refractivity contribution is 7.12. The largest absolute Gasteiger partial charge is 0.351 e. The van der Waals surface area contributed by atoms with Crippen LogP contribution in [0.5, 0.6) is 0 Å². The Kier molecular flexibility index (Phi) is 8.13. The monoisotopic (exact) mass is 495 g/mol. The molecule has 3 aromatic rings. The van der Waals surface area contributed by atoms with Crippen molar-refractivity contribution in [2.24, 2.45) is 0 Å². The third kappa shape index (κ3) is 5.74. The Bertz CT molecular complexity index is 1110. The number of carbonyl (C=O) groups is 3. The van der Waals surface area contributed by atoms with Gasteiger partial charge in [0.2, 0.25) is 11.8 Å². The van der Waals surface area contributed by atoms with Gasteiger partial charge in [-0.25, -0.2) is 0 Å². The van der Waals surface area contributed by atoms with Gasteiger partial charge in [-0.2, -0.15) is 0 Å². The predicted octanol–water partition coefficient (Wildman–Crippen LogP) is 5.07. The van der Waals surface area contributed by atoms with Gasteiger partial charge in [-0.1, -0.05) is 49.6 Å². The second kappa shape index (κ2) is 11.4. The number of para-hydroxylation sites is 1. The molecule has 2 aromatic heterocycles. The summed E-state index contributed by atoms with van der Waals surface area (Å²) in [6.07, 6.45) is 5.31. The van der Waals surface area contributed by atoms with Gasteiger partial charge >= 0.3 is 0 Å². The standard InChI is InChI=1S/C26H29N3O3S2/c1-18-9-5-6-12-20(18)29(23(30)17-27-25(31)22-14-8-16-34-22)24(21-13-7-15-33-21)26(32)28-19-10-3-2-4-11-19/h5-9,12-16,19,24H,2-4,10-11,17H2,1H3,(H,27,31)(H,28,32). The fourth-order valence-electron chi connectivity index (χ4n) is 4.33. The van der Waals surface area contributed by atoms with Crippen molar-refractivity contribution >= 4 is 46.1 Å². The molecular formula is C26H29N3O3S2. The zero-order valence-corrected chi connectivity index (χ0v) is 20.8. The molecule has 6 nitrogen and oxygen atoms in total. The third-order valence-electron chi connectivity index (χ3n) is 6.06. The maximum atomic E-state index is 13.7. The maximum absolute atomic E-state index is 13.7. The molecule has 1 unspecified atom stereocenters. The predicted molar refractivity (Wildman–Crippen MR) is 137 cm³/mol. The lowest BCUT2D eigenvalue weighted by Crippen LogP contribution is -2.49. The number of benzene rings is 1. The number of thiophene rings is 2. The van der Waals surface area contributed by atoms with Crippen molar-refractivity contribution in [1.82, 2.24) is 10.6 Å². The fraction of sp³-hybridized carbons (Fsp3) is 0.346. The minimum atomic E-state index is -0.811. The summed E-state index contributed by atoms with van der Waals surface area (Å²) in [4.78, 5) is 42.7. The molecule has 1 saturated carbocycles. The van der Waals surface area contributed by atoms with E-state index in [0.29, 0.717) is 10.6 Å². The first kappa shape index (κ1) is 24.2. The third-order valence-corrected chi connectivity index (χ3v) is 7.85. The highest BCUT2D eigenvalue weighted by atomic mass is 32.1. The lowest BCUT2D eigenvalue weighted by atomic mass is 9.95. The summed E-state index contributed by atoms with van der Waals surface area (Å²) < 4.78 is 0. The SMILES string of the molecule is Cc1ccccc1N(C(=O)CNC(=O)c1cccs1)C(C(=O)NC1CCCCC1)c1cccs1. The smallest absolute Gasteiger partial charge is 0.261 e. The van der Waals surface area contributed by atoms with Crippen molar-refractivity contribution in [2.45, 2.75) is 51.1 Å². The fourth-order valence-corrected chi connectivity index (χ4v) is 5.79. The summed E-state index contributed by atoms with van der Waals surface area (Å²) in [7, 11) is 0. The maximum Gasteiger partial charge on any atom is 0.261 e. The van der Waals surface area contributed by atoms with Crippen LogP contribution < -0.4 is 15.5 Å². The molecule has 34 heavy (non-hydrogen) atoms. The van der Waals surface area contributed by atoms with Crippen LogP contribution in [0.3, 0.4) is 0 Å². The number of nitrogens with one attached hydrogen (secondary N) is 2. The van der Waals surface area contributed by atoms with Gasteiger partial charge in [-0.05, 0) is 54.3 Å². The van der Waals surface area contributed by atoms with Gasteiger partial charge in [0, 0.05) is 16.6 Å². The van der Waals surface area contributed by atoms with Gasteiger partial charge in [0.05, 0.1) is 11.4 Å². The number of amides is 3. The molecule has 1 aliphatic carbocycles. The Morgan fingerprint density at radius 2 is 1.71 bits per heavy atom. The summed E-state index contributed by atoms with van der Waals surface area (Å²) >= 11 is 2.77. The highest BCUT2D eigenvalue weighted by Gasteiger charge is 2.35. The van der Waals surface area contributed by atoms with Crippen LogP contribution in [0, 0.1) is 6.92 Å². The van der Waals surface area contributed by atoms with Crippen LogP contribution in [-0.2, 0) is 9.59 Å². The summed E-state index contributed by atoms with van der Waals surface area (Å²) in [6, 6.07) is 14.1.